The standard InChI is InChI=1S/C15H13ClFN3O2/c16-10-3-1-9(2-4-10)15(22)20-12-6-5-11(17)7-13(12)19-14(21)8-18/h1-7H,8,18H2,(H,19,21)(H,20,22). The highest BCUT2D eigenvalue weighted by molar-refractivity contribution is 6.30. The Hall–Kier alpha value is -2.44. The Morgan fingerprint density at radius 3 is 2.36 bits per heavy atom. The second-order valence-corrected chi connectivity index (χ2v) is 4.84. The molecule has 7 heteroatoms. The van der Waals surface area contributed by atoms with Gasteiger partial charge in [0.25, 0.3) is 5.91 Å². The minimum atomic E-state index is -0.545. The van der Waals surface area contributed by atoms with Gasteiger partial charge in [0.15, 0.2) is 0 Å². The maximum Gasteiger partial charge on any atom is 0.255 e. The van der Waals surface area contributed by atoms with Gasteiger partial charge in [-0.2, -0.15) is 0 Å². The van der Waals surface area contributed by atoms with Gasteiger partial charge in [-0.15, -0.1) is 0 Å². The first kappa shape index (κ1) is 15.9. The van der Waals surface area contributed by atoms with E-state index in [1.54, 1.807) is 24.3 Å². The smallest absolute Gasteiger partial charge is 0.255 e. The maximum absolute atomic E-state index is 13.3. The number of nitrogens with two attached hydrogens (primary N) is 1. The van der Waals surface area contributed by atoms with Gasteiger partial charge in [0, 0.05) is 10.6 Å². The summed E-state index contributed by atoms with van der Waals surface area (Å²) >= 11 is 5.76. The summed E-state index contributed by atoms with van der Waals surface area (Å²) in [7, 11) is 0. The molecular formula is C15H13ClFN3O2. The summed E-state index contributed by atoms with van der Waals surface area (Å²) in [6.45, 7) is -0.249. The molecule has 4 N–H and O–H groups in total. The van der Waals surface area contributed by atoms with Crippen molar-refractivity contribution < 1.29 is 14.0 Å². The van der Waals surface area contributed by atoms with Crippen LogP contribution in [0.4, 0.5) is 15.8 Å². The fourth-order valence-electron chi connectivity index (χ4n) is 1.73. The number of nitrogens with one attached hydrogen (secondary N) is 2. The molecule has 0 saturated carbocycles. The molecule has 0 bridgehead atoms. The van der Waals surface area contributed by atoms with Crippen LogP contribution >= 0.6 is 11.6 Å². The second kappa shape index (κ2) is 7.02. The molecule has 0 radical (unpaired) electrons. The van der Waals surface area contributed by atoms with Crippen molar-refractivity contribution in [2.75, 3.05) is 17.2 Å². The summed E-state index contributed by atoms with van der Waals surface area (Å²) in [4.78, 5) is 23.5. The Morgan fingerprint density at radius 1 is 1.05 bits per heavy atom. The van der Waals surface area contributed by atoms with Gasteiger partial charge in [-0.3, -0.25) is 9.59 Å². The number of carbonyl (C=O) groups excluding carboxylic acids is 2. The summed E-state index contributed by atoms with van der Waals surface area (Å²) in [6, 6.07) is 9.91. The number of halogens is 2. The van der Waals surface area contributed by atoms with E-state index in [-0.39, 0.29) is 17.9 Å². The molecule has 0 saturated heterocycles. The first-order chi connectivity index (χ1) is 10.5. The molecule has 0 aromatic heterocycles. The minimum Gasteiger partial charge on any atom is -0.323 e. The molecule has 0 unspecified atom stereocenters. The van der Waals surface area contributed by atoms with E-state index in [4.69, 9.17) is 17.3 Å². The molecule has 2 aromatic rings. The van der Waals surface area contributed by atoms with Crippen LogP contribution in [0.5, 0.6) is 0 Å². The number of amides is 2. The van der Waals surface area contributed by atoms with Crippen molar-refractivity contribution in [3.05, 3.63) is 58.9 Å². The monoisotopic (exact) mass is 321 g/mol. The number of benzene rings is 2. The molecular weight excluding hydrogens is 309 g/mol. The van der Waals surface area contributed by atoms with Crippen LogP contribution in [0.2, 0.25) is 5.02 Å². The SMILES string of the molecule is NCC(=O)Nc1cc(F)ccc1NC(=O)c1ccc(Cl)cc1. The third kappa shape index (κ3) is 4.03. The van der Waals surface area contributed by atoms with Gasteiger partial charge in [-0.05, 0) is 42.5 Å². The fourth-order valence-corrected chi connectivity index (χ4v) is 1.85. The molecule has 114 valence electrons. The first-order valence-corrected chi connectivity index (χ1v) is 6.74. The zero-order valence-electron chi connectivity index (χ0n) is 11.4. The van der Waals surface area contributed by atoms with Gasteiger partial charge in [-0.25, -0.2) is 4.39 Å². The molecule has 0 aliphatic carbocycles. The lowest BCUT2D eigenvalue weighted by molar-refractivity contribution is -0.114. The van der Waals surface area contributed by atoms with Crippen molar-refractivity contribution in [3.8, 4) is 0 Å². The lowest BCUT2D eigenvalue weighted by atomic mass is 10.2. The van der Waals surface area contributed by atoms with E-state index in [2.05, 4.69) is 10.6 Å². The highest BCUT2D eigenvalue weighted by Crippen LogP contribution is 2.23. The Morgan fingerprint density at radius 2 is 1.73 bits per heavy atom. The first-order valence-electron chi connectivity index (χ1n) is 6.36. The lowest BCUT2D eigenvalue weighted by Crippen LogP contribution is -2.23. The summed E-state index contributed by atoms with van der Waals surface area (Å²) in [6.07, 6.45) is 0. The topological polar surface area (TPSA) is 84.2 Å². The van der Waals surface area contributed by atoms with Crippen LogP contribution in [0, 0.1) is 5.82 Å². The quantitative estimate of drug-likeness (QED) is 0.809. The fraction of sp³-hybridized carbons (Fsp3) is 0.0667. The lowest BCUT2D eigenvalue weighted by Gasteiger charge is -2.12. The van der Waals surface area contributed by atoms with Crippen molar-refractivity contribution in [2.45, 2.75) is 0 Å². The van der Waals surface area contributed by atoms with Gasteiger partial charge in [0.05, 0.1) is 17.9 Å². The Bertz CT molecular complexity index is 704. The normalized spacial score (nSPS) is 10.1. The van der Waals surface area contributed by atoms with Crippen LogP contribution in [0.3, 0.4) is 0 Å². The molecule has 0 aliphatic rings. The molecule has 0 fully saturated rings. The number of hydrogen-bond donors (Lipinski definition) is 3. The molecule has 2 rings (SSSR count). The zero-order chi connectivity index (χ0) is 16.1. The van der Waals surface area contributed by atoms with Crippen molar-refractivity contribution in [2.24, 2.45) is 5.73 Å². The largest absolute Gasteiger partial charge is 0.323 e. The summed E-state index contributed by atoms with van der Waals surface area (Å²) in [5.74, 6) is -1.45. The maximum atomic E-state index is 13.3. The van der Waals surface area contributed by atoms with E-state index >= 15 is 0 Å². The van der Waals surface area contributed by atoms with Crippen LogP contribution in [0.25, 0.3) is 0 Å². The Labute approximate surface area is 131 Å². The highest BCUT2D eigenvalue weighted by atomic mass is 35.5. The van der Waals surface area contributed by atoms with E-state index in [0.717, 1.165) is 6.07 Å². The van der Waals surface area contributed by atoms with Crippen LogP contribution in [0.15, 0.2) is 42.5 Å². The number of rotatable bonds is 4. The summed E-state index contributed by atoms with van der Waals surface area (Å²) in [5, 5.41) is 5.53. The van der Waals surface area contributed by atoms with E-state index in [0.29, 0.717) is 10.6 Å². The van der Waals surface area contributed by atoms with Gasteiger partial charge in [-0.1, -0.05) is 11.6 Å². The molecule has 22 heavy (non-hydrogen) atoms. The summed E-state index contributed by atoms with van der Waals surface area (Å²) in [5.41, 5.74) is 5.99. The summed E-state index contributed by atoms with van der Waals surface area (Å²) < 4.78 is 13.3. The van der Waals surface area contributed by atoms with E-state index < -0.39 is 17.6 Å². The van der Waals surface area contributed by atoms with Gasteiger partial charge < -0.3 is 16.4 Å². The average molecular weight is 322 g/mol. The Balaban J connectivity index is 2.23. The third-order valence-electron chi connectivity index (χ3n) is 2.80. The number of anilines is 2. The molecule has 0 aliphatic heterocycles. The van der Waals surface area contributed by atoms with Gasteiger partial charge in [0.1, 0.15) is 5.82 Å². The van der Waals surface area contributed by atoms with Crippen LogP contribution in [-0.2, 0) is 4.79 Å². The Kier molecular flexibility index (Phi) is 5.08. The van der Waals surface area contributed by atoms with Crippen LogP contribution in [-0.4, -0.2) is 18.4 Å². The highest BCUT2D eigenvalue weighted by Gasteiger charge is 2.11. The average Bonchev–Trinajstić information content (AvgIpc) is 2.50. The predicted octanol–water partition coefficient (Wildman–Crippen LogP) is 2.63. The molecule has 0 spiro atoms. The molecule has 2 aromatic carbocycles. The van der Waals surface area contributed by atoms with E-state index in [1.165, 1.54) is 12.1 Å². The molecule has 0 atom stereocenters. The van der Waals surface area contributed by atoms with Crippen molar-refractivity contribution in [1.29, 1.82) is 0 Å². The zero-order valence-corrected chi connectivity index (χ0v) is 12.2. The minimum absolute atomic E-state index is 0.137. The second-order valence-electron chi connectivity index (χ2n) is 4.40. The van der Waals surface area contributed by atoms with Gasteiger partial charge >= 0.3 is 0 Å². The number of hydrogen-bond acceptors (Lipinski definition) is 3. The third-order valence-corrected chi connectivity index (χ3v) is 3.05. The van der Waals surface area contributed by atoms with E-state index in [1.807, 2.05) is 0 Å². The van der Waals surface area contributed by atoms with Crippen LogP contribution < -0.4 is 16.4 Å². The van der Waals surface area contributed by atoms with E-state index in [9.17, 15) is 14.0 Å². The predicted molar refractivity (Wildman–Crippen MR) is 83.5 cm³/mol. The van der Waals surface area contributed by atoms with Crippen molar-refractivity contribution >= 4 is 34.8 Å². The van der Waals surface area contributed by atoms with Crippen molar-refractivity contribution in [3.63, 3.8) is 0 Å². The van der Waals surface area contributed by atoms with Crippen molar-refractivity contribution in [1.82, 2.24) is 0 Å². The molecule has 5 nitrogen and oxygen atoms in total. The van der Waals surface area contributed by atoms with Crippen LogP contribution in [0.1, 0.15) is 10.4 Å². The molecule has 0 heterocycles. The van der Waals surface area contributed by atoms with Gasteiger partial charge in [0.2, 0.25) is 5.91 Å². The molecule has 2 amide bonds. The number of carbonyl (C=O) groups is 2.